The van der Waals surface area contributed by atoms with Gasteiger partial charge in [-0.1, -0.05) is 0 Å². The van der Waals surface area contributed by atoms with Crippen LogP contribution in [0.1, 0.15) is 42.1 Å². The Morgan fingerprint density at radius 2 is 2.00 bits per heavy atom. The molecule has 2 atom stereocenters. The summed E-state index contributed by atoms with van der Waals surface area (Å²) >= 11 is 0. The van der Waals surface area contributed by atoms with Crippen LogP contribution >= 0.6 is 0 Å². The first-order valence-corrected chi connectivity index (χ1v) is 10.3. The molecule has 9 nitrogen and oxygen atoms in total. The van der Waals surface area contributed by atoms with Crippen molar-refractivity contribution in [3.63, 3.8) is 0 Å². The molecule has 164 valence electrons. The second-order valence-electron chi connectivity index (χ2n) is 8.45. The van der Waals surface area contributed by atoms with E-state index < -0.39 is 28.7 Å². The molecule has 2 aliphatic heterocycles. The largest absolute Gasteiger partial charge is 0.494 e. The number of carboxylic acid groups (broad SMARTS) is 1. The molecule has 0 bridgehead atoms. The lowest BCUT2D eigenvalue weighted by molar-refractivity contribution is -0.123. The van der Waals surface area contributed by atoms with E-state index in [1.807, 2.05) is 0 Å². The molecule has 2 saturated heterocycles. The molecule has 2 aromatic rings. The number of carbonyl (C=O) groups excluding carboxylic acids is 1. The molecule has 3 heterocycles. The highest BCUT2D eigenvalue weighted by Gasteiger charge is 2.40. The van der Waals surface area contributed by atoms with Gasteiger partial charge in [-0.25, -0.2) is 9.18 Å². The number of halogens is 1. The van der Waals surface area contributed by atoms with Crippen molar-refractivity contribution in [2.45, 2.75) is 37.8 Å². The summed E-state index contributed by atoms with van der Waals surface area (Å²) in [6.07, 6.45) is 2.53. The van der Waals surface area contributed by atoms with E-state index >= 15 is 4.39 Å². The van der Waals surface area contributed by atoms with E-state index in [1.54, 1.807) is 4.90 Å². The lowest BCUT2D eigenvalue weighted by Gasteiger charge is -2.25. The minimum absolute atomic E-state index is 0.0252. The highest BCUT2D eigenvalue weighted by molar-refractivity contribution is 5.99. The molecule has 1 aromatic heterocycles. The molecule has 1 aromatic carbocycles. The van der Waals surface area contributed by atoms with Gasteiger partial charge in [0.25, 0.3) is 0 Å². The fraction of sp³-hybridized carbons (Fsp3) is 0.476. The number of nitrogens with one attached hydrogen (secondary N) is 1. The average molecular weight is 431 g/mol. The number of piperidine rings is 1. The number of amides is 1. The number of aromatic carboxylic acids is 1. The summed E-state index contributed by atoms with van der Waals surface area (Å²) in [5.74, 6) is -2.70. The number of nitrogens with zero attached hydrogens (tertiary/aromatic N) is 2. The molecule has 0 unspecified atom stereocenters. The maximum Gasteiger partial charge on any atom is 0.345 e. The summed E-state index contributed by atoms with van der Waals surface area (Å²) in [5.41, 5.74) is -1.39. The number of anilines is 1. The lowest BCUT2D eigenvalue weighted by Crippen LogP contribution is -2.44. The molecule has 1 aliphatic carbocycles. The summed E-state index contributed by atoms with van der Waals surface area (Å²) < 4.78 is 22.3. The van der Waals surface area contributed by atoms with E-state index in [9.17, 15) is 24.6 Å². The Kier molecular flexibility index (Phi) is 4.35. The number of fused-ring (bicyclic) bond motifs is 2. The van der Waals surface area contributed by atoms with Crippen molar-refractivity contribution in [2.75, 3.05) is 25.1 Å². The average Bonchev–Trinajstić information content (AvgIpc) is 3.46. The van der Waals surface area contributed by atoms with Gasteiger partial charge < -0.3 is 29.7 Å². The maximum absolute atomic E-state index is 15.4. The third kappa shape index (κ3) is 2.92. The molecule has 0 radical (unpaired) electrons. The topological polar surface area (TPSA) is 121 Å². The van der Waals surface area contributed by atoms with E-state index in [0.717, 1.165) is 6.07 Å². The Morgan fingerprint density at radius 3 is 2.65 bits per heavy atom. The number of ether oxygens (including phenoxy) is 1. The Labute approximate surface area is 176 Å². The van der Waals surface area contributed by atoms with Crippen molar-refractivity contribution in [1.82, 2.24) is 9.88 Å². The lowest BCUT2D eigenvalue weighted by atomic mass is 9.94. The van der Waals surface area contributed by atoms with Gasteiger partial charge in [0, 0.05) is 25.6 Å². The monoisotopic (exact) mass is 431 g/mol. The summed E-state index contributed by atoms with van der Waals surface area (Å²) in [4.78, 5) is 38.0. The van der Waals surface area contributed by atoms with Crippen molar-refractivity contribution >= 4 is 28.5 Å². The van der Waals surface area contributed by atoms with Gasteiger partial charge >= 0.3 is 5.97 Å². The Bertz CT molecular complexity index is 1190. The van der Waals surface area contributed by atoms with E-state index in [0.29, 0.717) is 38.8 Å². The number of carboxylic acids is 1. The number of benzene rings is 1. The third-order valence-electron chi connectivity index (χ3n) is 6.52. The standard InChI is InChI=1S/C21H22FN3O6/c1-31-19-16-11(18(27)15(21(29)30)20(28)25(16)10-3-4-10)6-12(22)17(19)24-7-9-2-5-14(26)23-13(9)8-24/h6,9-10,13,28H,2-5,7-8H2,1H3,(H,23,26)(H,29,30)/t9-,13+/m0/s1. The van der Waals surface area contributed by atoms with E-state index in [1.165, 1.54) is 11.7 Å². The Balaban J connectivity index is 1.75. The fourth-order valence-electron chi connectivity index (χ4n) is 4.96. The van der Waals surface area contributed by atoms with Gasteiger partial charge in [-0.2, -0.15) is 0 Å². The van der Waals surface area contributed by atoms with E-state index in [4.69, 9.17) is 4.74 Å². The smallest absolute Gasteiger partial charge is 0.345 e. The second kappa shape index (κ2) is 6.86. The van der Waals surface area contributed by atoms with Crippen LogP contribution < -0.4 is 20.4 Å². The number of methoxy groups -OCH3 is 1. The van der Waals surface area contributed by atoms with Crippen molar-refractivity contribution in [1.29, 1.82) is 0 Å². The molecule has 5 rings (SSSR count). The van der Waals surface area contributed by atoms with Gasteiger partial charge in [0.1, 0.15) is 11.2 Å². The van der Waals surface area contributed by atoms with Gasteiger partial charge in [-0.05, 0) is 31.2 Å². The fourth-order valence-corrected chi connectivity index (χ4v) is 4.96. The van der Waals surface area contributed by atoms with Gasteiger partial charge in [0.2, 0.25) is 17.2 Å². The Morgan fingerprint density at radius 1 is 1.26 bits per heavy atom. The van der Waals surface area contributed by atoms with Crippen molar-refractivity contribution in [2.24, 2.45) is 5.92 Å². The van der Waals surface area contributed by atoms with Crippen LogP contribution in [0.15, 0.2) is 10.9 Å². The van der Waals surface area contributed by atoms with Crippen LogP contribution in [0.2, 0.25) is 0 Å². The van der Waals surface area contributed by atoms with Crippen LogP contribution in [0, 0.1) is 11.7 Å². The SMILES string of the molecule is COc1c(N2C[C@@H]3CCC(=O)N[C@@H]3C2)c(F)cc2c(=O)c(C(=O)O)c(O)n(C3CC3)c12. The number of hydrogen-bond donors (Lipinski definition) is 3. The van der Waals surface area contributed by atoms with Gasteiger partial charge in [-0.15, -0.1) is 0 Å². The van der Waals surface area contributed by atoms with Crippen molar-refractivity contribution in [3.05, 3.63) is 27.7 Å². The molecule has 3 fully saturated rings. The first-order valence-electron chi connectivity index (χ1n) is 10.3. The molecule has 10 heteroatoms. The molecule has 3 aliphatic rings. The first-order chi connectivity index (χ1) is 14.8. The maximum atomic E-state index is 15.4. The van der Waals surface area contributed by atoms with Crippen LogP contribution in [0.4, 0.5) is 10.1 Å². The summed E-state index contributed by atoms with van der Waals surface area (Å²) in [5, 5.41) is 22.9. The van der Waals surface area contributed by atoms with E-state index in [-0.39, 0.29) is 46.2 Å². The molecule has 1 amide bonds. The molecule has 3 N–H and O–H groups in total. The number of aromatic nitrogens is 1. The normalized spacial score (nSPS) is 23.0. The van der Waals surface area contributed by atoms with Crippen LogP contribution in [0.3, 0.4) is 0 Å². The summed E-state index contributed by atoms with van der Waals surface area (Å²) in [6, 6.07) is 0.726. The molecular formula is C21H22FN3O6. The summed E-state index contributed by atoms with van der Waals surface area (Å²) in [6.45, 7) is 0.901. The van der Waals surface area contributed by atoms with Crippen molar-refractivity contribution < 1.29 is 28.9 Å². The van der Waals surface area contributed by atoms with Crippen LogP contribution in [0.25, 0.3) is 10.9 Å². The third-order valence-corrected chi connectivity index (χ3v) is 6.52. The van der Waals surface area contributed by atoms with Crippen molar-refractivity contribution in [3.8, 4) is 11.6 Å². The number of pyridine rings is 1. The quantitative estimate of drug-likeness (QED) is 0.672. The number of hydrogen-bond acceptors (Lipinski definition) is 6. The predicted molar refractivity (Wildman–Crippen MR) is 108 cm³/mol. The van der Waals surface area contributed by atoms with Gasteiger partial charge in [0.15, 0.2) is 17.1 Å². The summed E-state index contributed by atoms with van der Waals surface area (Å²) in [7, 11) is 1.35. The second-order valence-corrected chi connectivity index (χ2v) is 8.45. The van der Waals surface area contributed by atoms with Crippen LogP contribution in [-0.4, -0.2) is 52.9 Å². The zero-order valence-corrected chi connectivity index (χ0v) is 16.9. The number of rotatable bonds is 4. The van der Waals surface area contributed by atoms with Gasteiger partial charge in [-0.3, -0.25) is 9.59 Å². The zero-order chi connectivity index (χ0) is 22.0. The minimum Gasteiger partial charge on any atom is -0.494 e. The van der Waals surface area contributed by atoms with Crippen LogP contribution in [0.5, 0.6) is 11.6 Å². The number of carbonyl (C=O) groups is 2. The highest BCUT2D eigenvalue weighted by Crippen LogP contribution is 2.47. The van der Waals surface area contributed by atoms with Crippen LogP contribution in [-0.2, 0) is 4.79 Å². The predicted octanol–water partition coefficient (Wildman–Crippen LogP) is 1.60. The minimum atomic E-state index is -1.57. The van der Waals surface area contributed by atoms with Gasteiger partial charge in [0.05, 0.1) is 18.5 Å². The highest BCUT2D eigenvalue weighted by atomic mass is 19.1. The first kappa shape index (κ1) is 19.7. The molecular weight excluding hydrogens is 409 g/mol. The van der Waals surface area contributed by atoms with E-state index in [2.05, 4.69) is 5.32 Å². The molecule has 1 saturated carbocycles. The molecule has 0 spiro atoms. The zero-order valence-electron chi connectivity index (χ0n) is 16.9. The Hall–Kier alpha value is -3.30. The number of aromatic hydroxyl groups is 1. The molecule has 31 heavy (non-hydrogen) atoms.